The van der Waals surface area contributed by atoms with Crippen LogP contribution in [0.1, 0.15) is 31.2 Å². The Bertz CT molecular complexity index is 765. The smallest absolute Gasteiger partial charge is 0.407 e. The summed E-state index contributed by atoms with van der Waals surface area (Å²) in [5, 5.41) is 13.5. The summed E-state index contributed by atoms with van der Waals surface area (Å²) < 4.78 is 0. The van der Waals surface area contributed by atoms with Crippen LogP contribution in [0.5, 0.6) is 0 Å². The van der Waals surface area contributed by atoms with Crippen LogP contribution in [0.2, 0.25) is 0 Å². The number of hydroxylamine groups is 2. The predicted molar refractivity (Wildman–Crippen MR) is 103 cm³/mol. The van der Waals surface area contributed by atoms with Crippen LogP contribution in [0, 0.1) is 0 Å². The first-order chi connectivity index (χ1) is 14.0. The van der Waals surface area contributed by atoms with Gasteiger partial charge in [0.1, 0.15) is 12.6 Å². The van der Waals surface area contributed by atoms with E-state index in [-0.39, 0.29) is 24.0 Å². The van der Waals surface area contributed by atoms with E-state index in [0.29, 0.717) is 51.9 Å². The van der Waals surface area contributed by atoms with E-state index in [0.717, 1.165) is 5.56 Å². The number of carbonyl (C=O) groups is 3. The highest BCUT2D eigenvalue weighted by Crippen LogP contribution is 2.30. The van der Waals surface area contributed by atoms with Crippen LogP contribution in [0.4, 0.5) is 9.59 Å². The summed E-state index contributed by atoms with van der Waals surface area (Å²) in [5.41, 5.74) is 0.985. The second-order valence-electron chi connectivity index (χ2n) is 7.82. The Hall–Kier alpha value is -2.81. The van der Waals surface area contributed by atoms with Crippen molar-refractivity contribution >= 4 is 18.0 Å². The first-order valence-electron chi connectivity index (χ1n) is 10.1. The van der Waals surface area contributed by atoms with Gasteiger partial charge in [0.25, 0.3) is 0 Å². The molecule has 9 heteroatoms. The quantitative estimate of drug-likeness (QED) is 0.780. The maximum absolute atomic E-state index is 12.8. The molecule has 2 unspecified atom stereocenters. The molecule has 3 saturated heterocycles. The van der Waals surface area contributed by atoms with Gasteiger partial charge in [-0.3, -0.25) is 9.63 Å². The average Bonchev–Trinajstić information content (AvgIpc) is 2.97. The zero-order valence-corrected chi connectivity index (χ0v) is 16.2. The standard InChI is InChI=1S/C20H26N4O5/c25-18(21-15-8-10-22(11-9-15)20(27)28)17-7-6-16-12-23(17)19(26)24(16)29-13-14-4-2-1-3-5-14/h1-5,15-17H,6-13H2,(H,21,25)(H,27,28). The van der Waals surface area contributed by atoms with Gasteiger partial charge in [0.15, 0.2) is 0 Å². The van der Waals surface area contributed by atoms with Crippen LogP contribution >= 0.6 is 0 Å². The number of nitrogens with one attached hydrogen (secondary N) is 1. The lowest BCUT2D eigenvalue weighted by atomic mass is 9.99. The van der Waals surface area contributed by atoms with Crippen molar-refractivity contribution in [3.8, 4) is 0 Å². The van der Waals surface area contributed by atoms with Crippen molar-refractivity contribution in [2.45, 2.75) is 50.4 Å². The molecule has 0 saturated carbocycles. The van der Waals surface area contributed by atoms with E-state index in [4.69, 9.17) is 9.94 Å². The lowest BCUT2D eigenvalue weighted by molar-refractivity contribution is -0.140. The minimum Gasteiger partial charge on any atom is -0.465 e. The van der Waals surface area contributed by atoms with E-state index in [1.165, 1.54) is 9.96 Å². The Morgan fingerprint density at radius 1 is 1.10 bits per heavy atom. The van der Waals surface area contributed by atoms with Crippen molar-refractivity contribution < 1.29 is 24.3 Å². The van der Waals surface area contributed by atoms with E-state index in [1.807, 2.05) is 30.3 Å². The van der Waals surface area contributed by atoms with E-state index >= 15 is 0 Å². The number of benzene rings is 1. The molecule has 3 aliphatic heterocycles. The molecule has 3 aliphatic rings. The first-order valence-corrected chi connectivity index (χ1v) is 10.1. The fourth-order valence-electron chi connectivity index (χ4n) is 4.30. The highest BCUT2D eigenvalue weighted by atomic mass is 16.7. The van der Waals surface area contributed by atoms with Crippen molar-refractivity contribution in [1.29, 1.82) is 0 Å². The van der Waals surface area contributed by atoms with Gasteiger partial charge in [-0.05, 0) is 31.2 Å². The van der Waals surface area contributed by atoms with Crippen LogP contribution in [0.15, 0.2) is 30.3 Å². The largest absolute Gasteiger partial charge is 0.465 e. The second kappa shape index (κ2) is 8.28. The summed E-state index contributed by atoms with van der Waals surface area (Å²) in [7, 11) is 0. The predicted octanol–water partition coefficient (Wildman–Crippen LogP) is 1.65. The van der Waals surface area contributed by atoms with Crippen LogP contribution in [0.3, 0.4) is 0 Å². The number of fused-ring (bicyclic) bond motifs is 2. The van der Waals surface area contributed by atoms with Crippen molar-refractivity contribution in [1.82, 2.24) is 20.2 Å². The number of piperidine rings is 2. The topological polar surface area (TPSA) is 102 Å². The molecule has 1 aromatic carbocycles. The highest BCUT2D eigenvalue weighted by Gasteiger charge is 2.48. The first kappa shape index (κ1) is 19.5. The van der Waals surface area contributed by atoms with Crippen LogP contribution in [-0.2, 0) is 16.2 Å². The molecule has 4 rings (SSSR count). The molecule has 0 aromatic heterocycles. The lowest BCUT2D eigenvalue weighted by Crippen LogP contribution is -2.54. The Balaban J connectivity index is 1.31. The molecule has 3 fully saturated rings. The molecule has 156 valence electrons. The van der Waals surface area contributed by atoms with Crippen molar-refractivity contribution in [3.05, 3.63) is 35.9 Å². The molecular formula is C20H26N4O5. The Labute approximate surface area is 169 Å². The van der Waals surface area contributed by atoms with Gasteiger partial charge in [-0.25, -0.2) is 9.59 Å². The van der Waals surface area contributed by atoms with Crippen LogP contribution in [0.25, 0.3) is 0 Å². The van der Waals surface area contributed by atoms with E-state index < -0.39 is 12.1 Å². The molecule has 2 atom stereocenters. The zero-order chi connectivity index (χ0) is 20.4. The molecule has 4 amide bonds. The van der Waals surface area contributed by atoms with Gasteiger partial charge in [0.05, 0.1) is 6.04 Å². The van der Waals surface area contributed by atoms with E-state index in [2.05, 4.69) is 5.32 Å². The zero-order valence-electron chi connectivity index (χ0n) is 16.2. The highest BCUT2D eigenvalue weighted by molar-refractivity contribution is 5.88. The third-order valence-electron chi connectivity index (χ3n) is 5.95. The van der Waals surface area contributed by atoms with Gasteiger partial charge in [-0.1, -0.05) is 30.3 Å². The summed E-state index contributed by atoms with van der Waals surface area (Å²) in [6, 6.07) is 8.82. The Morgan fingerprint density at radius 2 is 1.83 bits per heavy atom. The fraction of sp³-hybridized carbons (Fsp3) is 0.550. The molecule has 3 heterocycles. The summed E-state index contributed by atoms with van der Waals surface area (Å²) in [4.78, 5) is 45.4. The molecule has 0 aliphatic carbocycles. The summed E-state index contributed by atoms with van der Waals surface area (Å²) >= 11 is 0. The molecule has 29 heavy (non-hydrogen) atoms. The molecule has 0 radical (unpaired) electrons. The molecular weight excluding hydrogens is 376 g/mol. The van der Waals surface area contributed by atoms with Crippen LogP contribution < -0.4 is 5.32 Å². The van der Waals surface area contributed by atoms with E-state index in [1.54, 1.807) is 4.90 Å². The number of urea groups is 1. The molecule has 1 aromatic rings. The minimum absolute atomic E-state index is 0.0333. The monoisotopic (exact) mass is 402 g/mol. The minimum atomic E-state index is -0.925. The van der Waals surface area contributed by atoms with Gasteiger partial charge in [-0.2, -0.15) is 5.06 Å². The van der Waals surface area contributed by atoms with Gasteiger partial charge in [0, 0.05) is 25.7 Å². The van der Waals surface area contributed by atoms with Gasteiger partial charge in [0.2, 0.25) is 5.91 Å². The number of carbonyl (C=O) groups excluding carboxylic acids is 2. The maximum atomic E-state index is 12.8. The third-order valence-corrected chi connectivity index (χ3v) is 5.95. The molecule has 2 bridgehead atoms. The molecule has 2 N–H and O–H groups in total. The van der Waals surface area contributed by atoms with Crippen molar-refractivity contribution in [3.63, 3.8) is 0 Å². The van der Waals surface area contributed by atoms with E-state index in [9.17, 15) is 14.4 Å². The number of hydrogen-bond acceptors (Lipinski definition) is 4. The average molecular weight is 402 g/mol. The Morgan fingerprint density at radius 3 is 2.52 bits per heavy atom. The fourth-order valence-corrected chi connectivity index (χ4v) is 4.30. The summed E-state index contributed by atoms with van der Waals surface area (Å²) in [6.07, 6.45) is 1.57. The van der Waals surface area contributed by atoms with Gasteiger partial charge >= 0.3 is 12.1 Å². The number of likely N-dealkylation sites (tertiary alicyclic amines) is 1. The number of carboxylic acid groups (broad SMARTS) is 1. The van der Waals surface area contributed by atoms with Crippen LogP contribution in [-0.4, -0.2) is 75.8 Å². The number of nitrogens with zero attached hydrogens (tertiary/aromatic N) is 3. The van der Waals surface area contributed by atoms with Gasteiger partial charge in [-0.15, -0.1) is 0 Å². The second-order valence-corrected chi connectivity index (χ2v) is 7.82. The number of hydrogen-bond donors (Lipinski definition) is 2. The lowest BCUT2D eigenvalue weighted by Gasteiger charge is -2.34. The van der Waals surface area contributed by atoms with Crippen molar-refractivity contribution in [2.75, 3.05) is 19.6 Å². The normalized spacial score (nSPS) is 24.7. The summed E-state index contributed by atoms with van der Waals surface area (Å²) in [6.45, 7) is 1.63. The molecule has 0 spiro atoms. The molecule has 9 nitrogen and oxygen atoms in total. The van der Waals surface area contributed by atoms with Gasteiger partial charge < -0.3 is 20.2 Å². The van der Waals surface area contributed by atoms with Crippen molar-refractivity contribution in [2.24, 2.45) is 0 Å². The number of amides is 4. The number of rotatable bonds is 5. The SMILES string of the molecule is O=C(NC1CCN(C(=O)O)CC1)C1CCC2CN1C(=O)N2OCc1ccccc1. The summed E-state index contributed by atoms with van der Waals surface area (Å²) in [5.74, 6) is -0.157. The maximum Gasteiger partial charge on any atom is 0.407 e. The third kappa shape index (κ3) is 4.14. The Kier molecular flexibility index (Phi) is 5.57.